The SMILES string of the molecule is CCN(Cc1cccc(F)c1)C(=O)c1ccc(-c2ccc(C(C)=O)cc2)o1. The van der Waals surface area contributed by atoms with E-state index in [-0.39, 0.29) is 23.3 Å². The molecule has 0 bridgehead atoms. The van der Waals surface area contributed by atoms with E-state index in [0.717, 1.165) is 11.1 Å². The van der Waals surface area contributed by atoms with Crippen molar-refractivity contribution in [3.8, 4) is 11.3 Å². The van der Waals surface area contributed by atoms with E-state index in [0.29, 0.717) is 24.4 Å². The first-order valence-electron chi connectivity index (χ1n) is 8.73. The van der Waals surface area contributed by atoms with Crippen LogP contribution in [0.15, 0.2) is 65.1 Å². The van der Waals surface area contributed by atoms with Crippen molar-refractivity contribution < 1.29 is 18.4 Å². The van der Waals surface area contributed by atoms with Gasteiger partial charge in [0.05, 0.1) is 0 Å². The largest absolute Gasteiger partial charge is 0.451 e. The number of Topliss-reactive ketones (excluding diaryl/α,β-unsaturated/α-hetero) is 1. The predicted octanol–water partition coefficient (Wildman–Crippen LogP) is 4.95. The summed E-state index contributed by atoms with van der Waals surface area (Å²) in [6.07, 6.45) is 0. The highest BCUT2D eigenvalue weighted by Gasteiger charge is 2.19. The Labute approximate surface area is 157 Å². The van der Waals surface area contributed by atoms with Gasteiger partial charge in [0.2, 0.25) is 0 Å². The highest BCUT2D eigenvalue weighted by Crippen LogP contribution is 2.24. The van der Waals surface area contributed by atoms with Gasteiger partial charge in [0.1, 0.15) is 11.6 Å². The third kappa shape index (κ3) is 4.31. The molecule has 5 heteroatoms. The molecule has 1 heterocycles. The van der Waals surface area contributed by atoms with Gasteiger partial charge < -0.3 is 9.32 Å². The lowest BCUT2D eigenvalue weighted by atomic mass is 10.1. The van der Waals surface area contributed by atoms with Crippen molar-refractivity contribution in [3.05, 3.63) is 83.4 Å². The molecule has 0 aliphatic heterocycles. The van der Waals surface area contributed by atoms with E-state index in [9.17, 15) is 14.0 Å². The van der Waals surface area contributed by atoms with Crippen LogP contribution in [-0.2, 0) is 6.54 Å². The van der Waals surface area contributed by atoms with Crippen molar-refractivity contribution in [2.45, 2.75) is 20.4 Å². The summed E-state index contributed by atoms with van der Waals surface area (Å²) >= 11 is 0. The molecule has 0 N–H and O–H groups in total. The lowest BCUT2D eigenvalue weighted by molar-refractivity contribution is 0.0721. The first-order chi connectivity index (χ1) is 13.0. The normalized spacial score (nSPS) is 10.6. The van der Waals surface area contributed by atoms with Gasteiger partial charge in [-0.1, -0.05) is 36.4 Å². The van der Waals surface area contributed by atoms with E-state index >= 15 is 0 Å². The van der Waals surface area contributed by atoms with Crippen molar-refractivity contribution in [2.75, 3.05) is 6.54 Å². The van der Waals surface area contributed by atoms with Crippen LogP contribution in [0, 0.1) is 5.82 Å². The van der Waals surface area contributed by atoms with E-state index in [4.69, 9.17) is 4.42 Å². The molecule has 1 amide bonds. The summed E-state index contributed by atoms with van der Waals surface area (Å²) in [5.74, 6) is 0.181. The molecular weight excluding hydrogens is 345 g/mol. The van der Waals surface area contributed by atoms with Crippen molar-refractivity contribution >= 4 is 11.7 Å². The number of carbonyl (C=O) groups excluding carboxylic acids is 2. The second-order valence-electron chi connectivity index (χ2n) is 6.25. The lowest BCUT2D eigenvalue weighted by Gasteiger charge is -2.19. The Morgan fingerprint density at radius 3 is 2.41 bits per heavy atom. The highest BCUT2D eigenvalue weighted by atomic mass is 19.1. The first-order valence-corrected chi connectivity index (χ1v) is 8.73. The summed E-state index contributed by atoms with van der Waals surface area (Å²) in [5.41, 5.74) is 2.12. The third-order valence-electron chi connectivity index (χ3n) is 4.32. The maximum Gasteiger partial charge on any atom is 0.289 e. The van der Waals surface area contributed by atoms with Crippen molar-refractivity contribution in [3.63, 3.8) is 0 Å². The van der Waals surface area contributed by atoms with Crippen LogP contribution >= 0.6 is 0 Å². The summed E-state index contributed by atoms with van der Waals surface area (Å²) < 4.78 is 19.1. The van der Waals surface area contributed by atoms with Crippen LogP contribution in [0.25, 0.3) is 11.3 Å². The summed E-state index contributed by atoms with van der Waals surface area (Å²) in [6, 6.07) is 16.6. The zero-order chi connectivity index (χ0) is 19.4. The molecule has 0 fully saturated rings. The van der Waals surface area contributed by atoms with E-state index in [1.54, 1.807) is 53.4 Å². The molecular formula is C22H20FNO3. The van der Waals surface area contributed by atoms with Gasteiger partial charge in [-0.25, -0.2) is 4.39 Å². The minimum absolute atomic E-state index is 0.00667. The van der Waals surface area contributed by atoms with Crippen LogP contribution in [0.2, 0.25) is 0 Å². The molecule has 0 spiro atoms. The van der Waals surface area contributed by atoms with Crippen LogP contribution in [0.1, 0.15) is 40.3 Å². The van der Waals surface area contributed by atoms with Crippen molar-refractivity contribution in [1.29, 1.82) is 0 Å². The minimum Gasteiger partial charge on any atom is -0.451 e. The lowest BCUT2D eigenvalue weighted by Crippen LogP contribution is -2.30. The Morgan fingerprint density at radius 2 is 1.78 bits per heavy atom. The zero-order valence-corrected chi connectivity index (χ0v) is 15.2. The average Bonchev–Trinajstić information content (AvgIpc) is 3.16. The number of benzene rings is 2. The molecule has 27 heavy (non-hydrogen) atoms. The topological polar surface area (TPSA) is 50.5 Å². The molecule has 3 aromatic rings. The summed E-state index contributed by atoms with van der Waals surface area (Å²) in [5, 5.41) is 0. The number of amides is 1. The Morgan fingerprint density at radius 1 is 1.04 bits per heavy atom. The number of nitrogens with zero attached hydrogens (tertiary/aromatic N) is 1. The molecule has 0 atom stereocenters. The number of hydrogen-bond donors (Lipinski definition) is 0. The molecule has 0 unspecified atom stereocenters. The molecule has 0 aliphatic carbocycles. The fourth-order valence-electron chi connectivity index (χ4n) is 2.82. The second kappa shape index (κ2) is 7.99. The van der Waals surface area contributed by atoms with Gasteiger partial charge in [-0.2, -0.15) is 0 Å². The Kier molecular flexibility index (Phi) is 5.50. The standard InChI is InChI=1S/C22H20FNO3/c1-3-24(14-16-5-4-6-19(23)13-16)22(26)21-12-11-20(27-21)18-9-7-17(8-10-18)15(2)25/h4-13H,3,14H2,1-2H3. The molecule has 0 radical (unpaired) electrons. The predicted molar refractivity (Wildman–Crippen MR) is 101 cm³/mol. The molecule has 138 valence electrons. The van der Waals surface area contributed by atoms with E-state index in [1.807, 2.05) is 6.92 Å². The number of ketones is 1. The molecule has 1 aromatic heterocycles. The number of furan rings is 1. The van der Waals surface area contributed by atoms with Gasteiger partial charge in [0, 0.05) is 24.2 Å². The van der Waals surface area contributed by atoms with Crippen LogP contribution < -0.4 is 0 Å². The number of halogens is 1. The summed E-state index contributed by atoms with van der Waals surface area (Å²) in [7, 11) is 0. The second-order valence-corrected chi connectivity index (χ2v) is 6.25. The maximum absolute atomic E-state index is 13.4. The van der Waals surface area contributed by atoms with Crippen LogP contribution in [-0.4, -0.2) is 23.1 Å². The Bertz CT molecular complexity index is 960. The molecule has 3 rings (SSSR count). The van der Waals surface area contributed by atoms with Crippen LogP contribution in [0.5, 0.6) is 0 Å². The van der Waals surface area contributed by atoms with Gasteiger partial charge in [0.15, 0.2) is 11.5 Å². The van der Waals surface area contributed by atoms with Gasteiger partial charge >= 0.3 is 0 Å². The first kappa shape index (κ1) is 18.6. The van der Waals surface area contributed by atoms with Crippen LogP contribution in [0.3, 0.4) is 0 Å². The monoisotopic (exact) mass is 365 g/mol. The molecule has 2 aromatic carbocycles. The molecule has 0 saturated carbocycles. The number of rotatable bonds is 6. The minimum atomic E-state index is -0.328. The number of carbonyl (C=O) groups is 2. The van der Waals surface area contributed by atoms with Gasteiger partial charge in [-0.15, -0.1) is 0 Å². The van der Waals surface area contributed by atoms with Crippen LogP contribution in [0.4, 0.5) is 4.39 Å². The maximum atomic E-state index is 13.4. The fourth-order valence-corrected chi connectivity index (χ4v) is 2.82. The Hall–Kier alpha value is -3.21. The quantitative estimate of drug-likeness (QED) is 0.581. The molecule has 0 aliphatic rings. The van der Waals surface area contributed by atoms with Gasteiger partial charge in [0.25, 0.3) is 5.91 Å². The van der Waals surface area contributed by atoms with Crippen molar-refractivity contribution in [2.24, 2.45) is 0 Å². The number of hydrogen-bond acceptors (Lipinski definition) is 3. The van der Waals surface area contributed by atoms with Gasteiger partial charge in [-0.05, 0) is 43.7 Å². The highest BCUT2D eigenvalue weighted by molar-refractivity contribution is 5.94. The fraction of sp³-hybridized carbons (Fsp3) is 0.182. The van der Waals surface area contributed by atoms with E-state index in [1.165, 1.54) is 19.1 Å². The zero-order valence-electron chi connectivity index (χ0n) is 15.2. The summed E-state index contributed by atoms with van der Waals surface area (Å²) in [4.78, 5) is 25.7. The smallest absolute Gasteiger partial charge is 0.289 e. The Balaban J connectivity index is 1.77. The van der Waals surface area contributed by atoms with E-state index in [2.05, 4.69) is 0 Å². The summed E-state index contributed by atoms with van der Waals surface area (Å²) in [6.45, 7) is 4.15. The molecule has 0 saturated heterocycles. The molecule has 4 nitrogen and oxygen atoms in total. The van der Waals surface area contributed by atoms with Crippen molar-refractivity contribution in [1.82, 2.24) is 4.90 Å². The van der Waals surface area contributed by atoms with Gasteiger partial charge in [-0.3, -0.25) is 9.59 Å². The average molecular weight is 365 g/mol. The third-order valence-corrected chi connectivity index (χ3v) is 4.32. The van der Waals surface area contributed by atoms with E-state index < -0.39 is 0 Å².